The van der Waals surface area contributed by atoms with Gasteiger partial charge in [0, 0.05) is 55.9 Å². The zero-order valence-corrected chi connectivity index (χ0v) is 18.9. The number of nitrogens with zero attached hydrogens (tertiary/aromatic N) is 3. The van der Waals surface area contributed by atoms with Gasteiger partial charge >= 0.3 is 0 Å². The lowest BCUT2D eigenvalue weighted by atomic mass is 10.1. The van der Waals surface area contributed by atoms with E-state index in [2.05, 4.69) is 47.1 Å². The Kier molecular flexibility index (Phi) is 5.83. The summed E-state index contributed by atoms with van der Waals surface area (Å²) in [6, 6.07) is 12.0. The summed E-state index contributed by atoms with van der Waals surface area (Å²) in [5.74, 6) is 0.220. The quantitative estimate of drug-likeness (QED) is 0.690. The minimum Gasteiger partial charge on any atom is -0.369 e. The lowest BCUT2D eigenvalue weighted by Crippen LogP contribution is -2.49. The Balaban J connectivity index is 1.24. The summed E-state index contributed by atoms with van der Waals surface area (Å²) < 4.78 is 0. The molecule has 3 aliphatic rings. The topological polar surface area (TPSA) is 26.8 Å². The van der Waals surface area contributed by atoms with Crippen molar-refractivity contribution in [1.29, 1.82) is 0 Å². The number of rotatable bonds is 4. The van der Waals surface area contributed by atoms with E-state index >= 15 is 0 Å². The molecule has 1 saturated carbocycles. The van der Waals surface area contributed by atoms with Gasteiger partial charge in [-0.15, -0.1) is 11.3 Å². The first-order valence-electron chi connectivity index (χ1n) is 11.7. The van der Waals surface area contributed by atoms with E-state index in [4.69, 9.17) is 0 Å². The highest BCUT2D eigenvalue weighted by Gasteiger charge is 2.26. The zero-order valence-electron chi connectivity index (χ0n) is 18.1. The molecule has 5 rings (SSSR count). The van der Waals surface area contributed by atoms with Crippen molar-refractivity contribution in [3.8, 4) is 10.4 Å². The van der Waals surface area contributed by atoms with Crippen molar-refractivity contribution >= 4 is 22.9 Å². The molecule has 0 bridgehead atoms. The predicted molar refractivity (Wildman–Crippen MR) is 126 cm³/mol. The summed E-state index contributed by atoms with van der Waals surface area (Å²) >= 11 is 1.65. The van der Waals surface area contributed by atoms with Crippen LogP contribution in [0.2, 0.25) is 0 Å². The summed E-state index contributed by atoms with van der Waals surface area (Å²) in [5, 5.41) is 0. The lowest BCUT2D eigenvalue weighted by Gasteiger charge is -2.39. The highest BCUT2D eigenvalue weighted by atomic mass is 32.1. The van der Waals surface area contributed by atoms with Gasteiger partial charge in [-0.3, -0.25) is 9.69 Å². The van der Waals surface area contributed by atoms with Crippen LogP contribution < -0.4 is 4.90 Å². The average Bonchev–Trinajstić information content (AvgIpc) is 3.55. The van der Waals surface area contributed by atoms with Crippen molar-refractivity contribution in [3.05, 3.63) is 40.8 Å². The smallest absolute Gasteiger partial charge is 0.264 e. The number of hydrogen-bond donors (Lipinski definition) is 0. The number of benzene rings is 1. The Morgan fingerprint density at radius 2 is 1.57 bits per heavy atom. The highest BCUT2D eigenvalue weighted by molar-refractivity contribution is 7.17. The summed E-state index contributed by atoms with van der Waals surface area (Å²) in [5.41, 5.74) is 3.65. The normalized spacial score (nSPS) is 21.0. The van der Waals surface area contributed by atoms with Crippen molar-refractivity contribution in [2.24, 2.45) is 0 Å². The van der Waals surface area contributed by atoms with Crippen LogP contribution >= 0.6 is 11.3 Å². The van der Waals surface area contributed by atoms with Crippen LogP contribution in [0.5, 0.6) is 0 Å². The molecule has 160 valence electrons. The molecule has 0 atom stereocenters. The molecule has 4 nitrogen and oxygen atoms in total. The molecule has 3 fully saturated rings. The number of likely N-dealkylation sites (tertiary alicyclic amines) is 1. The zero-order chi connectivity index (χ0) is 20.5. The number of hydrogen-bond acceptors (Lipinski definition) is 4. The van der Waals surface area contributed by atoms with Crippen LogP contribution in [0.4, 0.5) is 5.69 Å². The summed E-state index contributed by atoms with van der Waals surface area (Å²) in [7, 11) is 0. The minimum atomic E-state index is 0.220. The third-order valence-corrected chi connectivity index (χ3v) is 8.45. The first kappa shape index (κ1) is 20.1. The van der Waals surface area contributed by atoms with E-state index in [1.807, 2.05) is 4.90 Å². The van der Waals surface area contributed by atoms with E-state index in [9.17, 15) is 4.79 Å². The predicted octanol–water partition coefficient (Wildman–Crippen LogP) is 5.02. The van der Waals surface area contributed by atoms with Crippen molar-refractivity contribution in [2.75, 3.05) is 44.2 Å². The largest absolute Gasteiger partial charge is 0.369 e. The maximum atomic E-state index is 12.8. The van der Waals surface area contributed by atoms with Crippen LogP contribution in [0.1, 0.15) is 53.8 Å². The molecule has 1 amide bonds. The monoisotopic (exact) mass is 423 g/mol. The van der Waals surface area contributed by atoms with Crippen LogP contribution in [0.25, 0.3) is 10.4 Å². The molecule has 2 saturated heterocycles. The van der Waals surface area contributed by atoms with Crippen LogP contribution in [-0.2, 0) is 0 Å². The lowest BCUT2D eigenvalue weighted by molar-refractivity contribution is 0.0797. The van der Waals surface area contributed by atoms with Gasteiger partial charge in [0.05, 0.1) is 4.88 Å². The Morgan fingerprint density at radius 3 is 2.23 bits per heavy atom. The second-order valence-electron chi connectivity index (χ2n) is 9.13. The Labute approximate surface area is 184 Å². The molecule has 0 radical (unpaired) electrons. The fourth-order valence-electron chi connectivity index (χ4n) is 5.35. The van der Waals surface area contributed by atoms with Crippen LogP contribution in [-0.4, -0.2) is 61.0 Å². The number of carbonyl (C=O) groups is 1. The van der Waals surface area contributed by atoms with Gasteiger partial charge in [-0.1, -0.05) is 25.0 Å². The molecular formula is C25H33N3OS. The maximum Gasteiger partial charge on any atom is 0.264 e. The van der Waals surface area contributed by atoms with Gasteiger partial charge in [0.25, 0.3) is 5.91 Å². The van der Waals surface area contributed by atoms with Crippen molar-refractivity contribution in [3.63, 3.8) is 0 Å². The first-order valence-corrected chi connectivity index (χ1v) is 12.5. The van der Waals surface area contributed by atoms with Gasteiger partial charge in [0.15, 0.2) is 0 Å². The Morgan fingerprint density at radius 1 is 0.900 bits per heavy atom. The minimum absolute atomic E-state index is 0.220. The van der Waals surface area contributed by atoms with Gasteiger partial charge in [-0.05, 0) is 61.9 Å². The second kappa shape index (κ2) is 8.72. The molecule has 1 aliphatic carbocycles. The third kappa shape index (κ3) is 4.02. The Hall–Kier alpha value is -1.85. The first-order chi connectivity index (χ1) is 14.7. The van der Waals surface area contributed by atoms with Gasteiger partial charge in [0.1, 0.15) is 0 Å². The number of thiophene rings is 1. The van der Waals surface area contributed by atoms with Crippen molar-refractivity contribution < 1.29 is 4.79 Å². The number of aryl methyl sites for hydroxylation is 1. The summed E-state index contributed by atoms with van der Waals surface area (Å²) in [6.07, 6.45) is 7.91. The third-order valence-electron chi connectivity index (χ3n) is 7.18. The van der Waals surface area contributed by atoms with Gasteiger partial charge in [-0.2, -0.15) is 0 Å². The van der Waals surface area contributed by atoms with E-state index in [0.717, 1.165) is 55.5 Å². The molecule has 1 aromatic carbocycles. The molecular weight excluding hydrogens is 390 g/mol. The molecule has 0 N–H and O–H groups in total. The molecule has 30 heavy (non-hydrogen) atoms. The van der Waals surface area contributed by atoms with Gasteiger partial charge in [0.2, 0.25) is 0 Å². The highest BCUT2D eigenvalue weighted by Crippen LogP contribution is 2.34. The molecule has 2 aromatic rings. The summed E-state index contributed by atoms with van der Waals surface area (Å²) in [6.45, 7) is 8.53. The number of piperazine rings is 1. The number of carbonyl (C=O) groups excluding carboxylic acids is 1. The van der Waals surface area contributed by atoms with Gasteiger partial charge < -0.3 is 9.80 Å². The van der Waals surface area contributed by atoms with Crippen molar-refractivity contribution in [1.82, 2.24) is 9.80 Å². The number of anilines is 1. The fraction of sp³-hybridized carbons (Fsp3) is 0.560. The van der Waals surface area contributed by atoms with Crippen LogP contribution in [0.3, 0.4) is 0 Å². The maximum absolute atomic E-state index is 12.8. The number of amides is 1. The molecule has 0 spiro atoms. The Bertz CT molecular complexity index is 870. The molecule has 2 aliphatic heterocycles. The average molecular weight is 424 g/mol. The summed E-state index contributed by atoms with van der Waals surface area (Å²) in [4.78, 5) is 22.2. The molecule has 0 unspecified atom stereocenters. The SMILES string of the molecule is Cc1cc(-c2ccc(N3CCN(C4CCCC4)CC3)cc2)sc1C(=O)N1CCCC1. The second-order valence-corrected chi connectivity index (χ2v) is 10.2. The van der Waals surface area contributed by atoms with E-state index < -0.39 is 0 Å². The fourth-order valence-corrected chi connectivity index (χ4v) is 6.50. The van der Waals surface area contributed by atoms with E-state index in [1.54, 1.807) is 11.3 Å². The molecule has 3 heterocycles. The van der Waals surface area contributed by atoms with E-state index in [1.165, 1.54) is 54.9 Å². The van der Waals surface area contributed by atoms with Gasteiger partial charge in [-0.25, -0.2) is 0 Å². The van der Waals surface area contributed by atoms with Crippen molar-refractivity contribution in [2.45, 2.75) is 51.5 Å². The van der Waals surface area contributed by atoms with E-state index in [-0.39, 0.29) is 5.91 Å². The molecule has 1 aromatic heterocycles. The van der Waals surface area contributed by atoms with E-state index in [0.29, 0.717) is 0 Å². The van der Waals surface area contributed by atoms with Crippen LogP contribution in [0.15, 0.2) is 30.3 Å². The van der Waals surface area contributed by atoms with Crippen LogP contribution in [0, 0.1) is 6.92 Å². The molecule has 5 heteroatoms. The standard InChI is InChI=1S/C25H33N3OS/c1-19-18-23(30-24(19)25(29)28-12-4-5-13-28)20-8-10-22(11-9-20)27-16-14-26(15-17-27)21-6-2-3-7-21/h8-11,18,21H,2-7,12-17H2,1H3.